The molecule has 0 heterocycles. The lowest BCUT2D eigenvalue weighted by Crippen LogP contribution is -2.37. The lowest BCUT2D eigenvalue weighted by molar-refractivity contribution is 0.0163. The third kappa shape index (κ3) is 3.28. The normalized spacial score (nSPS) is 22.1. The standard InChI is InChI=1S/C16H25NO2/c1-4-10-19-15-9-7-12-6-8-13(18-3)11-14(12)16(15)17-5-2/h6,8,11,15-17H,4-5,7,9-10H2,1-3H3. The van der Waals surface area contributed by atoms with E-state index >= 15 is 0 Å². The summed E-state index contributed by atoms with van der Waals surface area (Å²) in [6.45, 7) is 6.09. The fourth-order valence-corrected chi connectivity index (χ4v) is 2.79. The van der Waals surface area contributed by atoms with Crippen LogP contribution in [-0.4, -0.2) is 26.4 Å². The molecule has 1 aromatic carbocycles. The molecule has 3 heteroatoms. The van der Waals surface area contributed by atoms with Crippen molar-refractivity contribution in [2.24, 2.45) is 0 Å². The summed E-state index contributed by atoms with van der Waals surface area (Å²) < 4.78 is 11.4. The Kier molecular flexibility index (Phi) is 5.23. The van der Waals surface area contributed by atoms with Gasteiger partial charge in [-0.2, -0.15) is 0 Å². The number of hydrogen-bond donors (Lipinski definition) is 1. The highest BCUT2D eigenvalue weighted by Gasteiger charge is 2.29. The monoisotopic (exact) mass is 263 g/mol. The molecule has 0 amide bonds. The van der Waals surface area contributed by atoms with Gasteiger partial charge in [0.1, 0.15) is 5.75 Å². The van der Waals surface area contributed by atoms with Crippen molar-refractivity contribution in [3.05, 3.63) is 29.3 Å². The number of benzene rings is 1. The highest BCUT2D eigenvalue weighted by atomic mass is 16.5. The fourth-order valence-electron chi connectivity index (χ4n) is 2.79. The quantitative estimate of drug-likeness (QED) is 0.855. The van der Waals surface area contributed by atoms with Gasteiger partial charge in [-0.05, 0) is 49.1 Å². The summed E-state index contributed by atoms with van der Waals surface area (Å²) in [4.78, 5) is 0. The van der Waals surface area contributed by atoms with Crippen LogP contribution in [0.15, 0.2) is 18.2 Å². The maximum atomic E-state index is 6.02. The van der Waals surface area contributed by atoms with Crippen LogP contribution in [0.1, 0.15) is 43.9 Å². The number of aryl methyl sites for hydroxylation is 1. The zero-order chi connectivity index (χ0) is 13.7. The summed E-state index contributed by atoms with van der Waals surface area (Å²) in [5.41, 5.74) is 2.76. The molecule has 2 atom stereocenters. The van der Waals surface area contributed by atoms with E-state index in [0.717, 1.165) is 38.2 Å². The Balaban J connectivity index is 2.24. The van der Waals surface area contributed by atoms with Crippen molar-refractivity contribution in [2.75, 3.05) is 20.3 Å². The van der Waals surface area contributed by atoms with Crippen LogP contribution < -0.4 is 10.1 Å². The highest BCUT2D eigenvalue weighted by Crippen LogP contribution is 2.34. The van der Waals surface area contributed by atoms with E-state index in [-0.39, 0.29) is 12.1 Å². The van der Waals surface area contributed by atoms with E-state index in [1.54, 1.807) is 7.11 Å². The first-order valence-corrected chi connectivity index (χ1v) is 7.32. The number of nitrogens with one attached hydrogen (secondary N) is 1. The zero-order valence-electron chi connectivity index (χ0n) is 12.2. The van der Waals surface area contributed by atoms with E-state index < -0.39 is 0 Å². The molecule has 106 valence electrons. The second-order valence-electron chi connectivity index (χ2n) is 5.05. The molecule has 0 fully saturated rings. The molecule has 1 N–H and O–H groups in total. The zero-order valence-corrected chi connectivity index (χ0v) is 12.2. The number of ether oxygens (including phenoxy) is 2. The van der Waals surface area contributed by atoms with Gasteiger partial charge in [0.05, 0.1) is 19.3 Å². The van der Waals surface area contributed by atoms with E-state index in [0.29, 0.717) is 0 Å². The van der Waals surface area contributed by atoms with Crippen molar-refractivity contribution in [3.63, 3.8) is 0 Å². The minimum absolute atomic E-state index is 0.277. The smallest absolute Gasteiger partial charge is 0.119 e. The van der Waals surface area contributed by atoms with Gasteiger partial charge in [-0.1, -0.05) is 19.9 Å². The van der Waals surface area contributed by atoms with Gasteiger partial charge in [-0.3, -0.25) is 0 Å². The predicted octanol–water partition coefficient (Wildman–Crippen LogP) is 3.09. The average Bonchev–Trinajstić information content (AvgIpc) is 2.46. The Hall–Kier alpha value is -1.06. The summed E-state index contributed by atoms with van der Waals surface area (Å²) in [7, 11) is 1.72. The van der Waals surface area contributed by atoms with E-state index in [2.05, 4.69) is 37.4 Å². The summed E-state index contributed by atoms with van der Waals surface area (Å²) >= 11 is 0. The molecule has 3 nitrogen and oxygen atoms in total. The number of methoxy groups -OCH3 is 1. The first kappa shape index (κ1) is 14.4. The van der Waals surface area contributed by atoms with Gasteiger partial charge < -0.3 is 14.8 Å². The van der Waals surface area contributed by atoms with Crippen molar-refractivity contribution in [2.45, 2.75) is 45.3 Å². The summed E-state index contributed by atoms with van der Waals surface area (Å²) in [6.07, 6.45) is 3.53. The van der Waals surface area contributed by atoms with Crippen LogP contribution in [0.4, 0.5) is 0 Å². The molecule has 0 aliphatic heterocycles. The second-order valence-corrected chi connectivity index (χ2v) is 5.05. The molecule has 0 saturated heterocycles. The molecule has 1 aliphatic rings. The molecule has 19 heavy (non-hydrogen) atoms. The largest absolute Gasteiger partial charge is 0.497 e. The number of hydrogen-bond acceptors (Lipinski definition) is 3. The van der Waals surface area contributed by atoms with Gasteiger partial charge in [0, 0.05) is 6.61 Å². The Bertz CT molecular complexity index is 406. The van der Waals surface area contributed by atoms with Crippen molar-refractivity contribution < 1.29 is 9.47 Å². The SMILES string of the molecule is CCCOC1CCc2ccc(OC)cc2C1NCC. The summed E-state index contributed by atoms with van der Waals surface area (Å²) in [5, 5.41) is 3.57. The second kappa shape index (κ2) is 6.92. The molecule has 2 rings (SSSR count). The first-order valence-electron chi connectivity index (χ1n) is 7.32. The topological polar surface area (TPSA) is 30.5 Å². The molecule has 2 unspecified atom stereocenters. The van der Waals surface area contributed by atoms with Gasteiger partial charge in [0.25, 0.3) is 0 Å². The third-order valence-electron chi connectivity index (χ3n) is 3.72. The molecular formula is C16H25NO2. The van der Waals surface area contributed by atoms with Crippen LogP contribution in [0.5, 0.6) is 5.75 Å². The van der Waals surface area contributed by atoms with E-state index in [1.165, 1.54) is 11.1 Å². The van der Waals surface area contributed by atoms with Crippen LogP contribution in [-0.2, 0) is 11.2 Å². The van der Waals surface area contributed by atoms with Crippen molar-refractivity contribution in [3.8, 4) is 5.75 Å². The Morgan fingerprint density at radius 1 is 1.32 bits per heavy atom. The average molecular weight is 263 g/mol. The van der Waals surface area contributed by atoms with E-state index in [9.17, 15) is 0 Å². The molecule has 1 aromatic rings. The molecule has 0 radical (unpaired) electrons. The minimum atomic E-state index is 0.277. The van der Waals surface area contributed by atoms with Gasteiger partial charge in [-0.25, -0.2) is 0 Å². The van der Waals surface area contributed by atoms with Crippen LogP contribution >= 0.6 is 0 Å². The first-order chi connectivity index (χ1) is 9.30. The van der Waals surface area contributed by atoms with Gasteiger partial charge in [0.15, 0.2) is 0 Å². The number of fused-ring (bicyclic) bond motifs is 1. The maximum Gasteiger partial charge on any atom is 0.119 e. The van der Waals surface area contributed by atoms with E-state index in [4.69, 9.17) is 9.47 Å². The molecule has 0 aromatic heterocycles. The highest BCUT2D eigenvalue weighted by molar-refractivity contribution is 5.40. The lowest BCUT2D eigenvalue weighted by Gasteiger charge is -2.34. The Morgan fingerprint density at radius 3 is 2.84 bits per heavy atom. The van der Waals surface area contributed by atoms with Crippen LogP contribution in [0.25, 0.3) is 0 Å². The fraction of sp³-hybridized carbons (Fsp3) is 0.625. The summed E-state index contributed by atoms with van der Waals surface area (Å²) in [6, 6.07) is 6.68. The van der Waals surface area contributed by atoms with Crippen molar-refractivity contribution in [1.29, 1.82) is 0 Å². The Labute approximate surface area is 116 Å². The van der Waals surface area contributed by atoms with E-state index in [1.807, 2.05) is 0 Å². The predicted molar refractivity (Wildman–Crippen MR) is 77.8 cm³/mol. The number of rotatable bonds is 6. The van der Waals surface area contributed by atoms with Crippen molar-refractivity contribution in [1.82, 2.24) is 5.32 Å². The van der Waals surface area contributed by atoms with Crippen LogP contribution in [0, 0.1) is 0 Å². The lowest BCUT2D eigenvalue weighted by atomic mass is 9.85. The summed E-state index contributed by atoms with van der Waals surface area (Å²) in [5.74, 6) is 0.929. The third-order valence-corrected chi connectivity index (χ3v) is 3.72. The van der Waals surface area contributed by atoms with Crippen LogP contribution in [0.2, 0.25) is 0 Å². The van der Waals surface area contributed by atoms with Crippen molar-refractivity contribution >= 4 is 0 Å². The molecule has 0 saturated carbocycles. The number of likely N-dealkylation sites (N-methyl/N-ethyl adjacent to an activating group) is 1. The van der Waals surface area contributed by atoms with Gasteiger partial charge in [-0.15, -0.1) is 0 Å². The minimum Gasteiger partial charge on any atom is -0.497 e. The maximum absolute atomic E-state index is 6.02. The molecule has 1 aliphatic carbocycles. The molecular weight excluding hydrogens is 238 g/mol. The van der Waals surface area contributed by atoms with Gasteiger partial charge >= 0.3 is 0 Å². The van der Waals surface area contributed by atoms with Crippen LogP contribution in [0.3, 0.4) is 0 Å². The molecule has 0 spiro atoms. The Morgan fingerprint density at radius 2 is 2.16 bits per heavy atom. The molecule has 0 bridgehead atoms. The van der Waals surface area contributed by atoms with Gasteiger partial charge in [0.2, 0.25) is 0 Å².